The van der Waals surface area contributed by atoms with Gasteiger partial charge in [-0.25, -0.2) is 19.9 Å². The molecule has 4 rings (SSSR count). The molecule has 0 aliphatic rings. The van der Waals surface area contributed by atoms with E-state index in [-0.39, 0.29) is 34.2 Å². The van der Waals surface area contributed by atoms with Crippen molar-refractivity contribution in [2.24, 2.45) is 5.73 Å². The van der Waals surface area contributed by atoms with Gasteiger partial charge < -0.3 is 10.2 Å². The van der Waals surface area contributed by atoms with Crippen LogP contribution in [0.3, 0.4) is 0 Å². The van der Waals surface area contributed by atoms with Crippen LogP contribution in [0.25, 0.3) is 28.5 Å². The highest BCUT2D eigenvalue weighted by Gasteiger charge is 2.34. The topological polar surface area (TPSA) is 112 Å². The standard InChI is InChI=1S/C16H9F3N6O2/c17-16(18,19)10-6-22-11-2-1-8(7-25(10)11)12-13(15-21-3-4-27-15)23-5-9(24-12)14(20)26/h1-7H,(H2,20,26). The minimum Gasteiger partial charge on any atom is -0.443 e. The summed E-state index contributed by atoms with van der Waals surface area (Å²) in [6, 6.07) is 2.90. The van der Waals surface area contributed by atoms with Gasteiger partial charge in [0.05, 0.1) is 18.6 Å². The number of hydrogen-bond acceptors (Lipinski definition) is 6. The summed E-state index contributed by atoms with van der Waals surface area (Å²) in [5.41, 5.74) is 4.73. The van der Waals surface area contributed by atoms with Crippen LogP contribution in [0.4, 0.5) is 13.2 Å². The fourth-order valence-electron chi connectivity index (χ4n) is 2.54. The van der Waals surface area contributed by atoms with Gasteiger partial charge in [0.25, 0.3) is 5.91 Å². The van der Waals surface area contributed by atoms with Crippen molar-refractivity contribution in [2.45, 2.75) is 6.18 Å². The number of pyridine rings is 1. The number of amides is 1. The summed E-state index contributed by atoms with van der Waals surface area (Å²) in [5, 5.41) is 0. The first kappa shape index (κ1) is 16.7. The molecule has 0 saturated heterocycles. The van der Waals surface area contributed by atoms with Crippen molar-refractivity contribution in [3.63, 3.8) is 0 Å². The van der Waals surface area contributed by atoms with Gasteiger partial charge in [-0.05, 0) is 12.1 Å². The molecule has 8 nitrogen and oxygen atoms in total. The van der Waals surface area contributed by atoms with Gasteiger partial charge >= 0.3 is 6.18 Å². The van der Waals surface area contributed by atoms with Crippen LogP contribution in [0.15, 0.2) is 47.6 Å². The van der Waals surface area contributed by atoms with Gasteiger partial charge in [0.2, 0.25) is 5.89 Å². The summed E-state index contributed by atoms with van der Waals surface area (Å²) in [7, 11) is 0. The second-order valence-electron chi connectivity index (χ2n) is 5.44. The Labute approximate surface area is 148 Å². The average molecular weight is 374 g/mol. The molecule has 0 aliphatic carbocycles. The lowest BCUT2D eigenvalue weighted by molar-refractivity contribution is -0.141. The Morgan fingerprint density at radius 3 is 2.59 bits per heavy atom. The SMILES string of the molecule is NC(=O)c1cnc(-c2ncco2)c(-c2ccc3ncc(C(F)(F)F)n3c2)n1. The van der Waals surface area contributed by atoms with Crippen LogP contribution < -0.4 is 5.73 Å². The number of rotatable bonds is 3. The van der Waals surface area contributed by atoms with Gasteiger partial charge in [0, 0.05) is 11.8 Å². The second-order valence-corrected chi connectivity index (χ2v) is 5.44. The number of imidazole rings is 1. The average Bonchev–Trinajstić information content (AvgIpc) is 3.29. The third-order valence-electron chi connectivity index (χ3n) is 3.73. The van der Waals surface area contributed by atoms with E-state index in [0.717, 1.165) is 16.8 Å². The maximum atomic E-state index is 13.2. The van der Waals surface area contributed by atoms with Crippen LogP contribution in [-0.2, 0) is 6.18 Å². The lowest BCUT2D eigenvalue weighted by Crippen LogP contribution is -2.14. The highest BCUT2D eigenvalue weighted by Crippen LogP contribution is 2.32. The predicted molar refractivity (Wildman–Crippen MR) is 85.2 cm³/mol. The summed E-state index contributed by atoms with van der Waals surface area (Å²) in [6.45, 7) is 0. The van der Waals surface area contributed by atoms with Crippen LogP contribution in [0.2, 0.25) is 0 Å². The number of nitrogens with zero attached hydrogens (tertiary/aromatic N) is 5. The number of alkyl halides is 3. The van der Waals surface area contributed by atoms with Crippen molar-refractivity contribution in [2.75, 3.05) is 0 Å². The molecule has 1 amide bonds. The van der Waals surface area contributed by atoms with E-state index in [0.29, 0.717) is 0 Å². The number of oxazole rings is 1. The zero-order valence-electron chi connectivity index (χ0n) is 13.3. The largest absolute Gasteiger partial charge is 0.443 e. The summed E-state index contributed by atoms with van der Waals surface area (Å²) in [5.74, 6) is -0.738. The van der Waals surface area contributed by atoms with Crippen molar-refractivity contribution >= 4 is 11.6 Å². The number of hydrogen-bond donors (Lipinski definition) is 1. The first-order chi connectivity index (χ1) is 12.8. The number of halogens is 3. The van der Waals surface area contributed by atoms with Gasteiger partial charge in [-0.15, -0.1) is 0 Å². The van der Waals surface area contributed by atoms with Gasteiger partial charge in [-0.2, -0.15) is 13.2 Å². The normalized spacial score (nSPS) is 11.8. The Bertz CT molecular complexity index is 1150. The molecule has 0 bridgehead atoms. The molecule has 0 aliphatic heterocycles. The fourth-order valence-corrected chi connectivity index (χ4v) is 2.54. The van der Waals surface area contributed by atoms with Crippen LogP contribution in [0.5, 0.6) is 0 Å². The molecule has 11 heteroatoms. The van der Waals surface area contributed by atoms with E-state index in [4.69, 9.17) is 10.2 Å². The molecule has 136 valence electrons. The van der Waals surface area contributed by atoms with Crippen LogP contribution in [-0.4, -0.2) is 30.2 Å². The Morgan fingerprint density at radius 2 is 1.93 bits per heavy atom. The minimum absolute atomic E-state index is 0.0929. The van der Waals surface area contributed by atoms with Gasteiger partial charge in [0.1, 0.15) is 29.0 Å². The highest BCUT2D eigenvalue weighted by atomic mass is 19.4. The molecule has 0 radical (unpaired) electrons. The maximum Gasteiger partial charge on any atom is 0.433 e. The molecule has 0 fully saturated rings. The summed E-state index contributed by atoms with van der Waals surface area (Å²) in [4.78, 5) is 27.4. The van der Waals surface area contributed by atoms with E-state index >= 15 is 0 Å². The van der Waals surface area contributed by atoms with E-state index in [1.165, 1.54) is 30.8 Å². The summed E-state index contributed by atoms with van der Waals surface area (Å²) >= 11 is 0. The van der Waals surface area contributed by atoms with E-state index in [2.05, 4.69) is 19.9 Å². The number of fused-ring (bicyclic) bond motifs is 1. The smallest absolute Gasteiger partial charge is 0.433 e. The molecule has 0 atom stereocenters. The molecule has 0 aromatic carbocycles. The summed E-state index contributed by atoms with van der Waals surface area (Å²) < 4.78 is 45.6. The Morgan fingerprint density at radius 1 is 1.11 bits per heavy atom. The first-order valence-corrected chi connectivity index (χ1v) is 7.46. The Hall–Kier alpha value is -3.76. The molecule has 4 aromatic rings. The molecule has 0 unspecified atom stereocenters. The van der Waals surface area contributed by atoms with Crippen molar-refractivity contribution in [1.29, 1.82) is 0 Å². The quantitative estimate of drug-likeness (QED) is 0.590. The van der Waals surface area contributed by atoms with E-state index in [1.807, 2.05) is 0 Å². The van der Waals surface area contributed by atoms with Gasteiger partial charge in [-0.1, -0.05) is 0 Å². The molecular formula is C16H9F3N6O2. The zero-order valence-corrected chi connectivity index (χ0v) is 13.3. The van der Waals surface area contributed by atoms with Crippen molar-refractivity contribution in [1.82, 2.24) is 24.3 Å². The minimum atomic E-state index is -4.59. The molecule has 27 heavy (non-hydrogen) atoms. The predicted octanol–water partition coefficient (Wildman–Crippen LogP) is 2.56. The third-order valence-corrected chi connectivity index (χ3v) is 3.73. The Balaban J connectivity index is 1.97. The molecule has 4 heterocycles. The Kier molecular flexibility index (Phi) is 3.65. The first-order valence-electron chi connectivity index (χ1n) is 7.46. The lowest BCUT2D eigenvalue weighted by atomic mass is 10.1. The third kappa shape index (κ3) is 2.88. The monoisotopic (exact) mass is 374 g/mol. The number of carbonyl (C=O) groups excluding carboxylic acids is 1. The molecule has 0 spiro atoms. The van der Waals surface area contributed by atoms with Gasteiger partial charge in [0.15, 0.2) is 5.69 Å². The number of primary amides is 1. The lowest BCUT2D eigenvalue weighted by Gasteiger charge is -2.10. The second kappa shape index (κ2) is 5.90. The van der Waals surface area contributed by atoms with E-state index in [9.17, 15) is 18.0 Å². The van der Waals surface area contributed by atoms with Gasteiger partial charge in [-0.3, -0.25) is 9.20 Å². The van der Waals surface area contributed by atoms with E-state index in [1.54, 1.807) is 0 Å². The molecular weight excluding hydrogens is 365 g/mol. The molecule has 2 N–H and O–H groups in total. The molecule has 0 saturated carbocycles. The van der Waals surface area contributed by atoms with Crippen LogP contribution in [0.1, 0.15) is 16.2 Å². The fraction of sp³-hybridized carbons (Fsp3) is 0.0625. The number of nitrogens with two attached hydrogens (primary N) is 1. The van der Waals surface area contributed by atoms with E-state index < -0.39 is 17.8 Å². The number of aromatic nitrogens is 5. The van der Waals surface area contributed by atoms with Crippen molar-refractivity contribution < 1.29 is 22.4 Å². The van der Waals surface area contributed by atoms with Crippen molar-refractivity contribution in [3.05, 3.63) is 54.6 Å². The van der Waals surface area contributed by atoms with Crippen molar-refractivity contribution in [3.8, 4) is 22.8 Å². The maximum absolute atomic E-state index is 13.2. The highest BCUT2D eigenvalue weighted by molar-refractivity contribution is 5.91. The molecule has 4 aromatic heterocycles. The zero-order chi connectivity index (χ0) is 19.2. The van der Waals surface area contributed by atoms with Crippen LogP contribution >= 0.6 is 0 Å². The van der Waals surface area contributed by atoms with Crippen LogP contribution in [0, 0.1) is 0 Å². The summed E-state index contributed by atoms with van der Waals surface area (Å²) in [6.07, 6.45) is 1.17. The number of carbonyl (C=O) groups is 1.